The van der Waals surface area contributed by atoms with Crippen molar-refractivity contribution in [3.05, 3.63) is 0 Å². The first-order valence-electron chi connectivity index (χ1n) is 4.26. The van der Waals surface area contributed by atoms with Crippen LogP contribution in [0, 0.1) is 0 Å². The molecule has 0 aromatic heterocycles. The summed E-state index contributed by atoms with van der Waals surface area (Å²) in [5, 5.41) is 18.9. The van der Waals surface area contributed by atoms with E-state index in [9.17, 15) is 10.2 Å². The van der Waals surface area contributed by atoms with Crippen molar-refractivity contribution in [1.29, 1.82) is 0 Å². The van der Waals surface area contributed by atoms with Gasteiger partial charge in [0.2, 0.25) is 0 Å². The highest BCUT2D eigenvalue weighted by Gasteiger charge is 2.43. The van der Waals surface area contributed by atoms with E-state index in [-0.39, 0.29) is 18.2 Å². The number of aliphatic hydroxyl groups is 2. The van der Waals surface area contributed by atoms with Gasteiger partial charge in [-0.15, -0.1) is 0 Å². The first-order chi connectivity index (χ1) is 5.18. The molecule has 3 heteroatoms. The third-order valence-corrected chi connectivity index (χ3v) is 3.11. The van der Waals surface area contributed by atoms with Gasteiger partial charge in [-0.05, 0) is 26.3 Å². The lowest BCUT2D eigenvalue weighted by Crippen LogP contribution is -2.44. The van der Waals surface area contributed by atoms with E-state index in [0.29, 0.717) is 6.04 Å². The zero-order valence-corrected chi connectivity index (χ0v) is 6.77. The largest absolute Gasteiger partial charge is 0.393 e. The van der Waals surface area contributed by atoms with Crippen molar-refractivity contribution in [2.75, 3.05) is 7.05 Å². The quantitative estimate of drug-likeness (QED) is 0.501. The third kappa shape index (κ3) is 1.08. The van der Waals surface area contributed by atoms with Crippen molar-refractivity contribution in [1.82, 2.24) is 4.90 Å². The van der Waals surface area contributed by atoms with Crippen molar-refractivity contribution >= 4 is 0 Å². The number of piperidine rings is 1. The Bertz CT molecular complexity index is 160. The summed E-state index contributed by atoms with van der Waals surface area (Å²) in [7, 11) is 2.04. The third-order valence-electron chi connectivity index (χ3n) is 3.11. The number of fused-ring (bicyclic) bond motifs is 2. The number of nitrogens with zero attached hydrogens (tertiary/aromatic N) is 1. The SMILES string of the molecule is CN1[C@@H]2C[C@@H](O)C[C@H]1[C@H](O)C2. The molecule has 2 heterocycles. The van der Waals surface area contributed by atoms with Crippen molar-refractivity contribution in [2.45, 2.75) is 43.6 Å². The van der Waals surface area contributed by atoms with Crippen molar-refractivity contribution in [3.63, 3.8) is 0 Å². The lowest BCUT2D eigenvalue weighted by molar-refractivity contribution is 0.0282. The summed E-state index contributed by atoms with van der Waals surface area (Å²) < 4.78 is 0. The molecule has 2 N–H and O–H groups in total. The topological polar surface area (TPSA) is 43.7 Å². The highest BCUT2D eigenvalue weighted by Crippen LogP contribution is 2.34. The van der Waals surface area contributed by atoms with Crippen LogP contribution in [-0.2, 0) is 0 Å². The summed E-state index contributed by atoms with van der Waals surface area (Å²) >= 11 is 0. The molecule has 0 aromatic rings. The van der Waals surface area contributed by atoms with Gasteiger partial charge in [-0.2, -0.15) is 0 Å². The van der Waals surface area contributed by atoms with E-state index in [4.69, 9.17) is 0 Å². The Morgan fingerprint density at radius 3 is 2.55 bits per heavy atom. The predicted octanol–water partition coefficient (Wildman–Crippen LogP) is -0.425. The molecule has 2 aliphatic heterocycles. The maximum atomic E-state index is 9.53. The molecule has 3 nitrogen and oxygen atoms in total. The molecule has 2 rings (SSSR count). The zero-order valence-electron chi connectivity index (χ0n) is 6.77. The standard InChI is InChI=1S/C8H15NO2/c1-9-5-2-6(10)4-7(9)8(11)3-5/h5-8,10-11H,2-4H2,1H3/t5-,6-,7+,8-/m1/s1. The molecule has 0 unspecified atom stereocenters. The van der Waals surface area contributed by atoms with Crippen LogP contribution < -0.4 is 0 Å². The van der Waals surface area contributed by atoms with E-state index in [0.717, 1.165) is 19.3 Å². The number of hydrogen-bond donors (Lipinski definition) is 2. The van der Waals surface area contributed by atoms with E-state index in [1.807, 2.05) is 7.05 Å². The molecule has 0 aliphatic carbocycles. The van der Waals surface area contributed by atoms with Crippen molar-refractivity contribution in [2.24, 2.45) is 0 Å². The summed E-state index contributed by atoms with van der Waals surface area (Å²) in [6.07, 6.45) is 2.04. The van der Waals surface area contributed by atoms with Gasteiger partial charge in [-0.1, -0.05) is 0 Å². The Hall–Kier alpha value is -0.120. The molecule has 0 aromatic carbocycles. The van der Waals surface area contributed by atoms with Gasteiger partial charge in [-0.3, -0.25) is 4.90 Å². The summed E-state index contributed by atoms with van der Waals surface area (Å²) in [5.41, 5.74) is 0. The molecular formula is C8H15NO2. The molecule has 0 saturated carbocycles. The Balaban J connectivity index is 2.14. The molecular weight excluding hydrogens is 142 g/mol. The molecule has 0 radical (unpaired) electrons. The van der Waals surface area contributed by atoms with Gasteiger partial charge in [0.25, 0.3) is 0 Å². The van der Waals surface area contributed by atoms with E-state index < -0.39 is 0 Å². The zero-order chi connectivity index (χ0) is 8.01. The summed E-state index contributed by atoms with van der Waals surface area (Å²) in [5.74, 6) is 0. The van der Waals surface area contributed by atoms with Gasteiger partial charge in [-0.25, -0.2) is 0 Å². The van der Waals surface area contributed by atoms with Crippen LogP contribution in [0.4, 0.5) is 0 Å². The fraction of sp³-hybridized carbons (Fsp3) is 1.00. The lowest BCUT2D eigenvalue weighted by atomic mass is 10.0. The highest BCUT2D eigenvalue weighted by molar-refractivity contribution is 4.98. The van der Waals surface area contributed by atoms with E-state index in [1.54, 1.807) is 0 Å². The van der Waals surface area contributed by atoms with Crippen LogP contribution in [0.1, 0.15) is 19.3 Å². The van der Waals surface area contributed by atoms with Crippen molar-refractivity contribution in [3.8, 4) is 0 Å². The number of likely N-dealkylation sites (N-methyl/N-ethyl adjacent to an activating group) is 1. The van der Waals surface area contributed by atoms with Crippen LogP contribution in [0.15, 0.2) is 0 Å². The molecule has 4 atom stereocenters. The Kier molecular flexibility index (Phi) is 1.67. The minimum absolute atomic E-state index is 0.182. The van der Waals surface area contributed by atoms with Crippen LogP contribution in [-0.4, -0.2) is 46.5 Å². The number of aliphatic hydroxyl groups excluding tert-OH is 2. The van der Waals surface area contributed by atoms with Crippen LogP contribution in [0.5, 0.6) is 0 Å². The minimum Gasteiger partial charge on any atom is -0.393 e. The van der Waals surface area contributed by atoms with E-state index >= 15 is 0 Å². The summed E-state index contributed by atoms with van der Waals surface area (Å²) in [6, 6.07) is 0.627. The first kappa shape index (κ1) is 7.53. The maximum Gasteiger partial charge on any atom is 0.0711 e. The second-order valence-electron chi connectivity index (χ2n) is 3.81. The molecule has 11 heavy (non-hydrogen) atoms. The Morgan fingerprint density at radius 1 is 1.18 bits per heavy atom. The average molecular weight is 157 g/mol. The number of hydrogen-bond acceptors (Lipinski definition) is 3. The minimum atomic E-state index is -0.206. The van der Waals surface area contributed by atoms with Gasteiger partial charge in [0.15, 0.2) is 0 Å². The highest BCUT2D eigenvalue weighted by atomic mass is 16.3. The molecule has 0 amide bonds. The molecule has 2 bridgehead atoms. The normalized spacial score (nSPS) is 51.5. The van der Waals surface area contributed by atoms with Gasteiger partial charge < -0.3 is 10.2 Å². The van der Waals surface area contributed by atoms with Gasteiger partial charge in [0.05, 0.1) is 12.2 Å². The number of rotatable bonds is 0. The predicted molar refractivity (Wildman–Crippen MR) is 41.2 cm³/mol. The molecule has 0 spiro atoms. The van der Waals surface area contributed by atoms with E-state index in [1.165, 1.54) is 0 Å². The monoisotopic (exact) mass is 157 g/mol. The molecule has 2 saturated heterocycles. The van der Waals surface area contributed by atoms with Crippen LogP contribution in [0.2, 0.25) is 0 Å². The second kappa shape index (κ2) is 2.44. The maximum absolute atomic E-state index is 9.53. The van der Waals surface area contributed by atoms with Crippen LogP contribution in [0.3, 0.4) is 0 Å². The lowest BCUT2D eigenvalue weighted by Gasteiger charge is -2.34. The fourth-order valence-electron chi connectivity index (χ4n) is 2.42. The van der Waals surface area contributed by atoms with Gasteiger partial charge in [0, 0.05) is 12.1 Å². The summed E-state index contributed by atoms with van der Waals surface area (Å²) in [6.45, 7) is 0. The second-order valence-corrected chi connectivity index (χ2v) is 3.81. The Morgan fingerprint density at radius 2 is 1.91 bits per heavy atom. The smallest absolute Gasteiger partial charge is 0.0711 e. The fourth-order valence-corrected chi connectivity index (χ4v) is 2.42. The van der Waals surface area contributed by atoms with E-state index in [2.05, 4.69) is 4.90 Å². The summed E-state index contributed by atoms with van der Waals surface area (Å²) in [4.78, 5) is 2.21. The van der Waals surface area contributed by atoms with Crippen molar-refractivity contribution < 1.29 is 10.2 Å². The molecule has 2 aliphatic rings. The average Bonchev–Trinajstić information content (AvgIpc) is 2.17. The molecule has 2 fully saturated rings. The van der Waals surface area contributed by atoms with Gasteiger partial charge in [0.1, 0.15) is 0 Å². The Labute approximate surface area is 66.6 Å². The van der Waals surface area contributed by atoms with Crippen LogP contribution in [0.25, 0.3) is 0 Å². The van der Waals surface area contributed by atoms with Crippen LogP contribution >= 0.6 is 0 Å². The van der Waals surface area contributed by atoms with Gasteiger partial charge >= 0.3 is 0 Å². The first-order valence-corrected chi connectivity index (χ1v) is 4.26. The molecule has 64 valence electrons.